The van der Waals surface area contributed by atoms with Crippen LogP contribution in [0, 0.1) is 17.3 Å². The van der Waals surface area contributed by atoms with Crippen molar-refractivity contribution in [2.75, 3.05) is 31.6 Å². The van der Waals surface area contributed by atoms with Crippen molar-refractivity contribution in [1.29, 1.82) is 0 Å². The molecule has 3 aliphatic rings. The van der Waals surface area contributed by atoms with E-state index in [1.165, 1.54) is 26.8 Å². The SMILES string of the molecule is CN(CCCC#Cc1cccc2c1CN(C1CCC(=O)NC1=O)C2=O)C(=O)CCN(C(=O)[C@@H]1CCCN1C(=O)[C@@H](NC(=O)c1cc2cc(C(F)(F)P(=O)(O)O)ccc2s1)C(C)(C)C)c1ccc2ccccc2c1. The summed E-state index contributed by atoms with van der Waals surface area (Å²) >= 11 is 0.958. The van der Waals surface area contributed by atoms with Crippen molar-refractivity contribution in [3.63, 3.8) is 0 Å². The van der Waals surface area contributed by atoms with Crippen LogP contribution in [0.15, 0.2) is 84.9 Å². The highest BCUT2D eigenvalue weighted by atomic mass is 32.1. The van der Waals surface area contributed by atoms with Crippen LogP contribution in [0.2, 0.25) is 0 Å². The van der Waals surface area contributed by atoms with Crippen molar-refractivity contribution >= 4 is 86.8 Å². The minimum atomic E-state index is -5.84. The quantitative estimate of drug-likeness (QED) is 0.0391. The molecule has 0 radical (unpaired) electrons. The smallest absolute Gasteiger partial charge is 0.346 e. The monoisotopic (exact) mass is 1040 g/mol. The fraction of sp³-hybridized carbons (Fsp3) is 0.377. The summed E-state index contributed by atoms with van der Waals surface area (Å²) in [5, 5.41) is 7.10. The minimum Gasteiger partial charge on any atom is -0.346 e. The van der Waals surface area contributed by atoms with Gasteiger partial charge in [0, 0.05) is 79.6 Å². The Labute approximate surface area is 424 Å². The summed E-state index contributed by atoms with van der Waals surface area (Å²) < 4.78 is 41.0. The molecule has 3 atom stereocenters. The highest BCUT2D eigenvalue weighted by Crippen LogP contribution is 2.59. The Bertz CT molecular complexity index is 3180. The number of hydrogen-bond donors (Lipinski definition) is 4. The van der Waals surface area contributed by atoms with Crippen LogP contribution >= 0.6 is 18.9 Å². The molecule has 4 N–H and O–H groups in total. The number of hydrogen-bond acceptors (Lipinski definition) is 9. The predicted molar refractivity (Wildman–Crippen MR) is 270 cm³/mol. The summed E-state index contributed by atoms with van der Waals surface area (Å²) in [4.78, 5) is 119. The molecule has 1 unspecified atom stereocenters. The van der Waals surface area contributed by atoms with E-state index in [4.69, 9.17) is 0 Å². The zero-order valence-corrected chi connectivity index (χ0v) is 42.4. The van der Waals surface area contributed by atoms with Crippen LogP contribution in [0.3, 0.4) is 0 Å². The lowest BCUT2D eigenvalue weighted by Crippen LogP contribution is -2.58. The number of unbranched alkanes of at least 4 members (excludes halogenated alkanes) is 1. The van der Waals surface area contributed by atoms with E-state index in [0.717, 1.165) is 39.8 Å². The molecule has 20 heteroatoms. The second-order valence-corrected chi connectivity index (χ2v) is 22.4. The molecule has 0 saturated carbocycles. The molecule has 4 aromatic carbocycles. The van der Waals surface area contributed by atoms with Gasteiger partial charge in [0.25, 0.3) is 11.8 Å². The van der Waals surface area contributed by atoms with Crippen molar-refractivity contribution in [2.45, 2.75) is 96.1 Å². The van der Waals surface area contributed by atoms with E-state index in [0.29, 0.717) is 53.7 Å². The third kappa shape index (κ3) is 11.1. The number of piperidine rings is 1. The van der Waals surface area contributed by atoms with Gasteiger partial charge in [0.2, 0.25) is 29.5 Å². The second kappa shape index (κ2) is 20.9. The molecule has 16 nitrogen and oxygen atoms in total. The van der Waals surface area contributed by atoms with Gasteiger partial charge in [-0.1, -0.05) is 75.1 Å². The largest absolute Gasteiger partial charge is 0.399 e. The van der Waals surface area contributed by atoms with Crippen LogP contribution in [-0.4, -0.2) is 111 Å². The summed E-state index contributed by atoms with van der Waals surface area (Å²) in [5.74, 6) is 3.38. The molecule has 7 amide bonds. The molecule has 382 valence electrons. The van der Waals surface area contributed by atoms with E-state index in [1.54, 1.807) is 50.9 Å². The van der Waals surface area contributed by atoms with Gasteiger partial charge >= 0.3 is 13.3 Å². The average molecular weight is 1040 g/mol. The van der Waals surface area contributed by atoms with Crippen molar-refractivity contribution < 1.29 is 56.7 Å². The Morgan fingerprint density at radius 1 is 0.932 bits per heavy atom. The number of imide groups is 1. The molecule has 4 heterocycles. The molecule has 0 spiro atoms. The zero-order valence-electron chi connectivity index (χ0n) is 40.7. The first-order valence-corrected chi connectivity index (χ1v) is 26.3. The Balaban J connectivity index is 0.929. The maximum absolute atomic E-state index is 14.9. The van der Waals surface area contributed by atoms with Gasteiger partial charge in [-0.05, 0) is 95.3 Å². The standard InChI is InChI=1S/C53H55F2N6O10PS/c1-52(2,3)46(57-48(65)43-30-35-28-36(19-22-42(35)73-43)53(54,55)72(69,70)71)51(68)60-26-11-17-41(60)50(67)59(37-20-18-32-12-7-8-14-34(32)29-37)27-24-45(63)58(4)25-9-5-6-13-33-15-10-16-38-39(33)31-61(49(38)66)40-21-23-44(62)56-47(40)64/h7-8,10,12,14-16,18-20,22,28-30,40-41,46H,5,9,11,17,21,23-27,31H2,1-4H3,(H,57,65)(H,56,62,64)(H2,69,70,71)/t40?,41-,46+/m0/s1. The number of carbonyl (C=O) groups is 7. The van der Waals surface area contributed by atoms with Crippen molar-refractivity contribution in [1.82, 2.24) is 25.3 Å². The van der Waals surface area contributed by atoms with Gasteiger partial charge in [0.1, 0.15) is 18.1 Å². The predicted octanol–water partition coefficient (Wildman–Crippen LogP) is 6.89. The van der Waals surface area contributed by atoms with Gasteiger partial charge in [-0.25, -0.2) is 0 Å². The zero-order chi connectivity index (χ0) is 52.6. The van der Waals surface area contributed by atoms with E-state index in [2.05, 4.69) is 22.5 Å². The van der Waals surface area contributed by atoms with Gasteiger partial charge in [-0.3, -0.25) is 43.4 Å². The fourth-order valence-electron chi connectivity index (χ4n) is 9.49. The van der Waals surface area contributed by atoms with Gasteiger partial charge in [0.05, 0.1) is 4.88 Å². The summed E-state index contributed by atoms with van der Waals surface area (Å²) in [7, 11) is -4.16. The topological polar surface area (TPSA) is 214 Å². The molecular formula is C53H55F2N6O10PS. The summed E-state index contributed by atoms with van der Waals surface area (Å²) in [5.41, 5.74) is -3.84. The van der Waals surface area contributed by atoms with Crippen molar-refractivity contribution in [2.24, 2.45) is 5.41 Å². The van der Waals surface area contributed by atoms with E-state index in [-0.39, 0.29) is 66.9 Å². The lowest BCUT2D eigenvalue weighted by molar-refractivity contribution is -0.141. The lowest BCUT2D eigenvalue weighted by atomic mass is 9.85. The molecule has 3 aliphatic heterocycles. The third-order valence-corrected chi connectivity index (χ3v) is 15.7. The van der Waals surface area contributed by atoms with Gasteiger partial charge in [-0.15, -0.1) is 11.3 Å². The number of benzene rings is 4. The molecular weight excluding hydrogens is 982 g/mol. The first kappa shape index (κ1) is 52.5. The van der Waals surface area contributed by atoms with Crippen molar-refractivity contribution in [3.8, 4) is 11.8 Å². The number of likely N-dealkylation sites (tertiary alicyclic amines) is 1. The Morgan fingerprint density at radius 2 is 1.68 bits per heavy atom. The Hall–Kier alpha value is -6.84. The maximum atomic E-state index is 14.9. The van der Waals surface area contributed by atoms with Crippen LogP contribution < -0.4 is 15.5 Å². The Kier molecular flexibility index (Phi) is 15.1. The number of rotatable bonds is 14. The van der Waals surface area contributed by atoms with Crippen LogP contribution in [0.1, 0.15) is 102 Å². The number of nitrogens with zero attached hydrogens (tertiary/aromatic N) is 4. The number of nitrogens with one attached hydrogen (secondary N) is 2. The molecule has 0 bridgehead atoms. The number of amides is 7. The normalized spacial score (nSPS) is 17.5. The molecule has 73 heavy (non-hydrogen) atoms. The number of thiophene rings is 1. The molecule has 5 aromatic rings. The summed E-state index contributed by atoms with van der Waals surface area (Å²) in [6.45, 7) is 6.08. The van der Waals surface area contributed by atoms with Gasteiger partial charge in [0.15, 0.2) is 0 Å². The van der Waals surface area contributed by atoms with Gasteiger partial charge < -0.3 is 34.7 Å². The van der Waals surface area contributed by atoms with E-state index in [9.17, 15) is 56.7 Å². The number of anilines is 1. The third-order valence-electron chi connectivity index (χ3n) is 13.5. The van der Waals surface area contributed by atoms with Crippen LogP contribution in [0.4, 0.5) is 14.5 Å². The van der Waals surface area contributed by atoms with Crippen molar-refractivity contribution in [3.05, 3.63) is 112 Å². The maximum Gasteiger partial charge on any atom is 0.399 e. The van der Waals surface area contributed by atoms with Crippen LogP contribution in [0.25, 0.3) is 20.9 Å². The molecule has 2 saturated heterocycles. The lowest BCUT2D eigenvalue weighted by Gasteiger charge is -2.36. The molecule has 0 aliphatic carbocycles. The second-order valence-electron chi connectivity index (χ2n) is 19.6. The minimum absolute atomic E-state index is 0.000455. The Morgan fingerprint density at radius 3 is 2.41 bits per heavy atom. The number of alkyl halides is 2. The molecule has 2 fully saturated rings. The van der Waals surface area contributed by atoms with Gasteiger partial charge in [-0.2, -0.15) is 8.78 Å². The highest BCUT2D eigenvalue weighted by Gasteiger charge is 2.50. The number of halogens is 2. The fourth-order valence-corrected chi connectivity index (χ4v) is 10.9. The average Bonchev–Trinajstić information content (AvgIpc) is 4.10. The first-order valence-electron chi connectivity index (χ1n) is 23.9. The van der Waals surface area contributed by atoms with E-state index >= 15 is 0 Å². The van der Waals surface area contributed by atoms with E-state index < -0.39 is 66.0 Å². The molecule has 8 rings (SSSR count). The number of carbonyl (C=O) groups excluding carboxylic acids is 7. The van der Waals surface area contributed by atoms with E-state index in [1.807, 2.05) is 42.5 Å². The van der Waals surface area contributed by atoms with Crippen LogP contribution in [0.5, 0.6) is 0 Å². The molecule has 1 aromatic heterocycles. The number of fused-ring (bicyclic) bond motifs is 3. The van der Waals surface area contributed by atoms with Crippen LogP contribution in [-0.2, 0) is 40.7 Å². The highest BCUT2D eigenvalue weighted by molar-refractivity contribution is 7.52. The summed E-state index contributed by atoms with van der Waals surface area (Å²) in [6.07, 6.45) is 2.16. The summed E-state index contributed by atoms with van der Waals surface area (Å²) in [6, 6.07) is 20.0. The first-order chi connectivity index (χ1) is 34.5.